The summed E-state index contributed by atoms with van der Waals surface area (Å²) >= 11 is 0. The SMILES string of the molecule is C=CCNS(=O)(=O)CC(=O)Nc1ccccc1. The smallest absolute Gasteiger partial charge is 0.240 e. The van der Waals surface area contributed by atoms with Gasteiger partial charge in [-0.3, -0.25) is 4.79 Å². The van der Waals surface area contributed by atoms with Crippen molar-refractivity contribution in [2.24, 2.45) is 0 Å². The Labute approximate surface area is 101 Å². The van der Waals surface area contributed by atoms with E-state index in [0.29, 0.717) is 5.69 Å². The summed E-state index contributed by atoms with van der Waals surface area (Å²) in [6.45, 7) is 3.50. The lowest BCUT2D eigenvalue weighted by Gasteiger charge is -2.06. The second-order valence-electron chi connectivity index (χ2n) is 3.31. The first kappa shape index (κ1) is 13.4. The minimum Gasteiger partial charge on any atom is -0.325 e. The van der Waals surface area contributed by atoms with Gasteiger partial charge in [0.2, 0.25) is 15.9 Å². The molecule has 0 radical (unpaired) electrons. The topological polar surface area (TPSA) is 75.3 Å². The molecule has 5 nitrogen and oxygen atoms in total. The molecule has 0 bridgehead atoms. The molecule has 0 unspecified atom stereocenters. The molecular formula is C11H14N2O3S. The molecule has 0 aliphatic rings. The minimum atomic E-state index is -3.60. The van der Waals surface area contributed by atoms with Crippen LogP contribution in [0, 0.1) is 0 Å². The normalized spacial score (nSPS) is 10.8. The van der Waals surface area contributed by atoms with E-state index in [1.807, 2.05) is 0 Å². The van der Waals surface area contributed by atoms with E-state index in [0.717, 1.165) is 0 Å². The molecule has 0 heterocycles. The van der Waals surface area contributed by atoms with Crippen LogP contribution in [0.4, 0.5) is 5.69 Å². The number of carbonyl (C=O) groups excluding carboxylic acids is 1. The molecule has 17 heavy (non-hydrogen) atoms. The summed E-state index contributed by atoms with van der Waals surface area (Å²) in [5.74, 6) is -1.18. The van der Waals surface area contributed by atoms with E-state index in [1.165, 1.54) is 6.08 Å². The zero-order valence-corrected chi connectivity index (χ0v) is 10.0. The molecule has 2 N–H and O–H groups in total. The predicted octanol–water partition coefficient (Wildman–Crippen LogP) is 0.730. The quantitative estimate of drug-likeness (QED) is 0.735. The highest BCUT2D eigenvalue weighted by molar-refractivity contribution is 7.90. The van der Waals surface area contributed by atoms with Crippen molar-refractivity contribution in [2.75, 3.05) is 17.6 Å². The van der Waals surface area contributed by atoms with Crippen LogP contribution in [0.25, 0.3) is 0 Å². The lowest BCUT2D eigenvalue weighted by atomic mass is 10.3. The highest BCUT2D eigenvalue weighted by Crippen LogP contribution is 2.04. The predicted molar refractivity (Wildman–Crippen MR) is 67.1 cm³/mol. The monoisotopic (exact) mass is 254 g/mol. The molecule has 0 saturated carbocycles. The fourth-order valence-corrected chi connectivity index (χ4v) is 2.02. The molecule has 1 aromatic carbocycles. The average molecular weight is 254 g/mol. The van der Waals surface area contributed by atoms with Crippen molar-refractivity contribution >= 4 is 21.6 Å². The average Bonchev–Trinajstić information content (AvgIpc) is 2.27. The molecule has 0 saturated heterocycles. The van der Waals surface area contributed by atoms with Crippen LogP contribution in [0.2, 0.25) is 0 Å². The lowest BCUT2D eigenvalue weighted by Crippen LogP contribution is -2.32. The molecule has 6 heteroatoms. The van der Waals surface area contributed by atoms with Gasteiger partial charge in [-0.2, -0.15) is 0 Å². The van der Waals surface area contributed by atoms with Gasteiger partial charge >= 0.3 is 0 Å². The Morgan fingerprint density at radius 1 is 1.29 bits per heavy atom. The van der Waals surface area contributed by atoms with E-state index >= 15 is 0 Å². The number of amides is 1. The summed E-state index contributed by atoms with van der Waals surface area (Å²) in [6.07, 6.45) is 1.41. The van der Waals surface area contributed by atoms with Crippen molar-refractivity contribution < 1.29 is 13.2 Å². The molecule has 1 amide bonds. The lowest BCUT2D eigenvalue weighted by molar-refractivity contribution is -0.113. The van der Waals surface area contributed by atoms with E-state index < -0.39 is 21.7 Å². The van der Waals surface area contributed by atoms with Crippen molar-refractivity contribution in [3.05, 3.63) is 43.0 Å². The Bertz CT molecular complexity index is 483. The Morgan fingerprint density at radius 2 is 1.94 bits per heavy atom. The van der Waals surface area contributed by atoms with Crippen molar-refractivity contribution in [3.63, 3.8) is 0 Å². The van der Waals surface area contributed by atoms with Gasteiger partial charge in [0, 0.05) is 12.2 Å². The van der Waals surface area contributed by atoms with Gasteiger partial charge in [-0.05, 0) is 12.1 Å². The fourth-order valence-electron chi connectivity index (χ4n) is 1.13. The van der Waals surface area contributed by atoms with Crippen LogP contribution in [0.15, 0.2) is 43.0 Å². The molecular weight excluding hydrogens is 240 g/mol. The summed E-state index contributed by atoms with van der Waals surface area (Å²) in [7, 11) is -3.60. The summed E-state index contributed by atoms with van der Waals surface area (Å²) < 4.78 is 25.0. The van der Waals surface area contributed by atoms with Gasteiger partial charge in [-0.15, -0.1) is 6.58 Å². The third-order valence-corrected chi connectivity index (χ3v) is 3.07. The number of anilines is 1. The molecule has 1 aromatic rings. The fraction of sp³-hybridized carbons (Fsp3) is 0.182. The van der Waals surface area contributed by atoms with Gasteiger partial charge in [0.25, 0.3) is 0 Å². The van der Waals surface area contributed by atoms with E-state index in [1.54, 1.807) is 30.3 Å². The Balaban J connectivity index is 2.53. The maximum atomic E-state index is 11.4. The first-order valence-corrected chi connectivity index (χ1v) is 6.62. The van der Waals surface area contributed by atoms with Crippen LogP contribution >= 0.6 is 0 Å². The summed E-state index contributed by atoms with van der Waals surface area (Å²) in [5, 5.41) is 2.49. The number of benzene rings is 1. The maximum absolute atomic E-state index is 11.4. The van der Waals surface area contributed by atoms with E-state index in [2.05, 4.69) is 16.6 Å². The van der Waals surface area contributed by atoms with Crippen LogP contribution in [0.1, 0.15) is 0 Å². The molecule has 0 spiro atoms. The van der Waals surface area contributed by atoms with Crippen LogP contribution in [0.3, 0.4) is 0 Å². The van der Waals surface area contributed by atoms with Crippen molar-refractivity contribution in [1.82, 2.24) is 4.72 Å². The molecule has 0 aliphatic carbocycles. The number of carbonyl (C=O) groups is 1. The van der Waals surface area contributed by atoms with Gasteiger partial charge in [-0.25, -0.2) is 13.1 Å². The summed E-state index contributed by atoms with van der Waals surface area (Å²) in [4.78, 5) is 11.4. The minimum absolute atomic E-state index is 0.112. The number of para-hydroxylation sites is 1. The van der Waals surface area contributed by atoms with E-state index in [4.69, 9.17) is 0 Å². The third-order valence-electron chi connectivity index (χ3n) is 1.83. The number of hydrogen-bond acceptors (Lipinski definition) is 3. The number of sulfonamides is 1. The van der Waals surface area contributed by atoms with Crippen molar-refractivity contribution in [3.8, 4) is 0 Å². The Kier molecular flexibility index (Phi) is 4.86. The van der Waals surface area contributed by atoms with E-state index in [9.17, 15) is 13.2 Å². The highest BCUT2D eigenvalue weighted by Gasteiger charge is 2.15. The molecule has 0 atom stereocenters. The first-order valence-electron chi connectivity index (χ1n) is 4.96. The van der Waals surface area contributed by atoms with Crippen LogP contribution in [0.5, 0.6) is 0 Å². The van der Waals surface area contributed by atoms with Gasteiger partial charge in [0.1, 0.15) is 5.75 Å². The van der Waals surface area contributed by atoms with Crippen LogP contribution in [-0.2, 0) is 14.8 Å². The Morgan fingerprint density at radius 3 is 2.53 bits per heavy atom. The molecule has 0 aromatic heterocycles. The third kappa shape index (κ3) is 5.28. The van der Waals surface area contributed by atoms with Gasteiger partial charge in [0.05, 0.1) is 0 Å². The Hall–Kier alpha value is -1.66. The summed E-state index contributed by atoms with van der Waals surface area (Å²) in [5.41, 5.74) is 0.566. The second-order valence-corrected chi connectivity index (χ2v) is 5.12. The van der Waals surface area contributed by atoms with Gasteiger partial charge in [-0.1, -0.05) is 24.3 Å². The second kappa shape index (κ2) is 6.17. The largest absolute Gasteiger partial charge is 0.325 e. The first-order chi connectivity index (χ1) is 8.03. The number of nitrogens with one attached hydrogen (secondary N) is 2. The molecule has 0 aliphatic heterocycles. The molecule has 92 valence electrons. The maximum Gasteiger partial charge on any atom is 0.240 e. The molecule has 1 rings (SSSR count). The highest BCUT2D eigenvalue weighted by atomic mass is 32.2. The zero-order chi connectivity index (χ0) is 12.7. The van der Waals surface area contributed by atoms with Gasteiger partial charge in [0.15, 0.2) is 0 Å². The van der Waals surface area contributed by atoms with E-state index in [-0.39, 0.29) is 6.54 Å². The molecule has 0 fully saturated rings. The summed E-state index contributed by atoms with van der Waals surface area (Å²) in [6, 6.07) is 8.67. The number of rotatable bonds is 6. The van der Waals surface area contributed by atoms with Gasteiger partial charge < -0.3 is 5.32 Å². The van der Waals surface area contributed by atoms with Crippen molar-refractivity contribution in [2.45, 2.75) is 0 Å². The number of hydrogen-bond donors (Lipinski definition) is 2. The zero-order valence-electron chi connectivity index (χ0n) is 9.22. The van der Waals surface area contributed by atoms with Crippen LogP contribution in [-0.4, -0.2) is 26.6 Å². The van der Waals surface area contributed by atoms with Crippen molar-refractivity contribution in [1.29, 1.82) is 0 Å². The van der Waals surface area contributed by atoms with Crippen LogP contribution < -0.4 is 10.0 Å². The standard InChI is InChI=1S/C11H14N2O3S/c1-2-8-12-17(15,16)9-11(14)13-10-6-4-3-5-7-10/h2-7,12H,1,8-9H2,(H,13,14).